The van der Waals surface area contributed by atoms with Gasteiger partial charge in [0.25, 0.3) is 0 Å². The van der Waals surface area contributed by atoms with Crippen LogP contribution in [0, 0.1) is 13.8 Å². The molecule has 42 heavy (non-hydrogen) atoms. The minimum atomic E-state index is -2.03. The molecule has 0 amide bonds. The molecule has 0 aromatic heterocycles. The fourth-order valence-corrected chi connectivity index (χ4v) is 9.01. The highest BCUT2D eigenvalue weighted by Crippen LogP contribution is 2.38. The molecular weight excluding hydrogens is 545 g/mol. The number of rotatable bonds is 10. The van der Waals surface area contributed by atoms with Crippen molar-refractivity contribution in [2.24, 2.45) is 0 Å². The standard InChI is InChI=1S/C36H48N4Si2/c1-29-21-25-33(26-22-29)39(41(5,6)7)35(37(3)31-17-13-11-14-18-31)36(38(4)32-19-15-12-16-20-32)40(42(8,9)10)34-27-23-30(2)24-28-34/h11-28H,1-10H3/b36-35-. The van der Waals surface area contributed by atoms with Crippen molar-refractivity contribution in [2.45, 2.75) is 53.1 Å². The molecular formula is C36H48N4Si2. The molecule has 4 nitrogen and oxygen atoms in total. The zero-order chi connectivity index (χ0) is 30.7. The quantitative estimate of drug-likeness (QED) is 0.170. The minimum Gasteiger partial charge on any atom is -0.353 e. The Morgan fingerprint density at radius 1 is 0.405 bits per heavy atom. The van der Waals surface area contributed by atoms with E-state index in [0.29, 0.717) is 0 Å². The second-order valence-corrected chi connectivity index (χ2v) is 22.7. The molecule has 0 N–H and O–H groups in total. The summed E-state index contributed by atoms with van der Waals surface area (Å²) >= 11 is 0. The van der Waals surface area contributed by atoms with Crippen molar-refractivity contribution in [3.8, 4) is 0 Å². The maximum atomic E-state index is 2.65. The van der Waals surface area contributed by atoms with Gasteiger partial charge in [-0.3, -0.25) is 0 Å². The van der Waals surface area contributed by atoms with Crippen molar-refractivity contribution in [3.05, 3.63) is 132 Å². The fraction of sp³-hybridized carbons (Fsp3) is 0.278. The molecule has 4 aromatic rings. The van der Waals surface area contributed by atoms with E-state index in [1.54, 1.807) is 0 Å². The Morgan fingerprint density at radius 2 is 0.690 bits per heavy atom. The lowest BCUT2D eigenvalue weighted by atomic mass is 10.2. The molecule has 0 atom stereocenters. The molecule has 0 saturated heterocycles. The molecule has 0 spiro atoms. The van der Waals surface area contributed by atoms with E-state index in [2.05, 4.69) is 195 Å². The minimum absolute atomic E-state index is 1.15. The summed E-state index contributed by atoms with van der Waals surface area (Å²) in [6.07, 6.45) is 0. The van der Waals surface area contributed by atoms with Gasteiger partial charge in [-0.1, -0.05) is 111 Å². The molecule has 0 radical (unpaired) electrons. The molecule has 0 aliphatic carbocycles. The number of para-hydroxylation sites is 2. The van der Waals surface area contributed by atoms with Crippen molar-refractivity contribution in [3.63, 3.8) is 0 Å². The van der Waals surface area contributed by atoms with Gasteiger partial charge >= 0.3 is 0 Å². The van der Waals surface area contributed by atoms with E-state index in [1.165, 1.54) is 34.1 Å². The molecule has 0 heterocycles. The molecule has 4 rings (SSSR count). The van der Waals surface area contributed by atoms with Gasteiger partial charge < -0.3 is 18.9 Å². The molecule has 4 aromatic carbocycles. The van der Waals surface area contributed by atoms with Crippen LogP contribution in [0.25, 0.3) is 0 Å². The first-order valence-corrected chi connectivity index (χ1v) is 21.7. The van der Waals surface area contributed by atoms with Crippen LogP contribution in [0.5, 0.6) is 0 Å². The molecule has 6 heteroatoms. The van der Waals surface area contributed by atoms with Crippen LogP contribution in [0.2, 0.25) is 39.3 Å². The van der Waals surface area contributed by atoms with E-state index in [-0.39, 0.29) is 0 Å². The maximum absolute atomic E-state index is 2.65. The van der Waals surface area contributed by atoms with Crippen molar-refractivity contribution in [2.75, 3.05) is 33.0 Å². The van der Waals surface area contributed by atoms with Crippen LogP contribution in [-0.2, 0) is 0 Å². The third-order valence-electron chi connectivity index (χ3n) is 7.47. The fourth-order valence-electron chi connectivity index (χ4n) is 5.39. The van der Waals surface area contributed by atoms with E-state index < -0.39 is 16.5 Å². The second kappa shape index (κ2) is 12.6. The summed E-state index contributed by atoms with van der Waals surface area (Å²) in [5.41, 5.74) is 7.27. The van der Waals surface area contributed by atoms with Gasteiger partial charge in [0.15, 0.2) is 16.5 Å². The molecule has 0 unspecified atom stereocenters. The van der Waals surface area contributed by atoms with Crippen molar-refractivity contribution < 1.29 is 0 Å². The van der Waals surface area contributed by atoms with E-state index in [4.69, 9.17) is 0 Å². The molecule has 0 bridgehead atoms. The number of hydrogen-bond donors (Lipinski definition) is 0. The van der Waals surface area contributed by atoms with Crippen molar-refractivity contribution in [1.29, 1.82) is 0 Å². The first kappa shape index (κ1) is 31.2. The average molecular weight is 593 g/mol. The van der Waals surface area contributed by atoms with Gasteiger partial charge in [-0.05, 0) is 62.4 Å². The van der Waals surface area contributed by atoms with Gasteiger partial charge in [0.05, 0.1) is 0 Å². The van der Waals surface area contributed by atoms with Gasteiger partial charge in [-0.2, -0.15) is 0 Å². The summed E-state index contributed by atoms with van der Waals surface area (Å²) < 4.78 is 5.30. The molecule has 0 fully saturated rings. The molecule has 0 aliphatic heterocycles. The number of hydrogen-bond acceptors (Lipinski definition) is 4. The van der Waals surface area contributed by atoms with Crippen molar-refractivity contribution in [1.82, 2.24) is 0 Å². The van der Waals surface area contributed by atoms with E-state index in [1.807, 2.05) is 0 Å². The summed E-state index contributed by atoms with van der Waals surface area (Å²) in [7, 11) is 0.385. The van der Waals surface area contributed by atoms with E-state index in [0.717, 1.165) is 11.4 Å². The van der Waals surface area contributed by atoms with Crippen LogP contribution < -0.4 is 18.9 Å². The zero-order valence-corrected chi connectivity index (χ0v) is 29.2. The number of nitrogens with zero attached hydrogens (tertiary/aromatic N) is 4. The summed E-state index contributed by atoms with van der Waals surface area (Å²) in [6.45, 7) is 19.0. The molecule has 0 saturated carbocycles. The maximum Gasteiger partial charge on any atom is 0.155 e. The largest absolute Gasteiger partial charge is 0.353 e. The second-order valence-electron chi connectivity index (χ2n) is 13.1. The summed E-state index contributed by atoms with van der Waals surface area (Å²) in [4.78, 5) is 4.79. The van der Waals surface area contributed by atoms with Crippen molar-refractivity contribution >= 4 is 39.2 Å². The Labute approximate surface area is 256 Å². The van der Waals surface area contributed by atoms with Gasteiger partial charge in [0, 0.05) is 36.8 Å². The summed E-state index contributed by atoms with van der Waals surface area (Å²) in [5, 5.41) is 0. The number of benzene rings is 4. The van der Waals surface area contributed by atoms with Crippen LogP contribution in [0.3, 0.4) is 0 Å². The predicted octanol–water partition coefficient (Wildman–Crippen LogP) is 9.69. The van der Waals surface area contributed by atoms with E-state index in [9.17, 15) is 0 Å². The smallest absolute Gasteiger partial charge is 0.155 e. The average Bonchev–Trinajstić information content (AvgIpc) is 2.95. The van der Waals surface area contributed by atoms with Crippen LogP contribution >= 0.6 is 0 Å². The first-order valence-electron chi connectivity index (χ1n) is 14.8. The molecule has 0 aliphatic rings. The highest BCUT2D eigenvalue weighted by atomic mass is 28.3. The molecule has 220 valence electrons. The Balaban J connectivity index is 2.19. The first-order chi connectivity index (χ1) is 19.8. The Hall–Kier alpha value is -3.75. The Kier molecular flexibility index (Phi) is 9.38. The van der Waals surface area contributed by atoms with Gasteiger partial charge in [-0.25, -0.2) is 0 Å². The Bertz CT molecular complexity index is 1360. The van der Waals surface area contributed by atoms with Gasteiger partial charge in [0.2, 0.25) is 0 Å². The van der Waals surface area contributed by atoms with Gasteiger partial charge in [-0.15, -0.1) is 0 Å². The van der Waals surface area contributed by atoms with Crippen LogP contribution in [-0.4, -0.2) is 30.6 Å². The van der Waals surface area contributed by atoms with E-state index >= 15 is 0 Å². The van der Waals surface area contributed by atoms with Gasteiger partial charge in [0.1, 0.15) is 11.6 Å². The predicted molar refractivity (Wildman–Crippen MR) is 191 cm³/mol. The number of anilines is 4. The highest BCUT2D eigenvalue weighted by molar-refractivity contribution is 6.81. The summed E-state index contributed by atoms with van der Waals surface area (Å²) in [6, 6.07) is 39.6. The Morgan fingerprint density at radius 3 is 0.952 bits per heavy atom. The third kappa shape index (κ3) is 7.00. The normalized spacial score (nSPS) is 12.4. The van der Waals surface area contributed by atoms with Crippen LogP contribution in [0.4, 0.5) is 22.7 Å². The number of aryl methyl sites for hydroxylation is 2. The van der Waals surface area contributed by atoms with Crippen LogP contribution in [0.1, 0.15) is 11.1 Å². The zero-order valence-electron chi connectivity index (χ0n) is 27.2. The monoisotopic (exact) mass is 592 g/mol. The lowest BCUT2D eigenvalue weighted by Gasteiger charge is -2.49. The summed E-state index contributed by atoms with van der Waals surface area (Å²) in [5.74, 6) is 2.36. The van der Waals surface area contributed by atoms with Crippen LogP contribution in [0.15, 0.2) is 121 Å². The third-order valence-corrected chi connectivity index (χ3v) is 11.1. The lowest BCUT2D eigenvalue weighted by molar-refractivity contribution is 0.919. The topological polar surface area (TPSA) is 13.0 Å². The SMILES string of the molecule is Cc1ccc(N(/C(=C(/N(C)c2ccccc2)N(c2ccc(C)cc2)[Si](C)(C)C)N(C)c2ccccc2)[Si](C)(C)C)cc1. The highest BCUT2D eigenvalue weighted by Gasteiger charge is 2.39. The lowest BCUT2D eigenvalue weighted by Crippen LogP contribution is -2.56.